The number of hydrogen-bond acceptors (Lipinski definition) is 4. The normalized spacial score (nSPS) is 10.3. The quantitative estimate of drug-likeness (QED) is 0.506. The van der Waals surface area contributed by atoms with E-state index >= 15 is 0 Å². The summed E-state index contributed by atoms with van der Waals surface area (Å²) in [4.78, 5) is 4.23. The Hall–Kier alpha value is -2.56. The Bertz CT molecular complexity index is 649. The van der Waals surface area contributed by atoms with E-state index in [2.05, 4.69) is 36.3 Å². The second kappa shape index (κ2) is 5.61. The molecule has 1 heterocycles. The first-order valence-corrected chi connectivity index (χ1v) is 6.48. The minimum Gasteiger partial charge on any atom is -0.384 e. The third-order valence-electron chi connectivity index (χ3n) is 3.12. The van der Waals surface area contributed by atoms with Crippen LogP contribution in [0.1, 0.15) is 23.6 Å². The molecule has 6 N–H and O–H groups in total. The monoisotopic (exact) mass is 269 g/mol. The van der Waals surface area contributed by atoms with Gasteiger partial charge >= 0.3 is 0 Å². The standard InChI is InChI=1S/C15H19N5/c1-3-10-8-9(2)4-6-12(10)19-13-7-5-11(14(16)17)15(18)20-13/h4-8H,3H2,1-2H3,(H3,16,17)(H3,18,19,20). The van der Waals surface area contributed by atoms with Gasteiger partial charge in [-0.2, -0.15) is 0 Å². The lowest BCUT2D eigenvalue weighted by atomic mass is 10.1. The summed E-state index contributed by atoms with van der Waals surface area (Å²) in [5, 5.41) is 10.6. The number of nitrogen functional groups attached to an aromatic ring is 2. The number of hydrogen-bond donors (Lipinski definition) is 4. The van der Waals surface area contributed by atoms with Gasteiger partial charge in [0.25, 0.3) is 0 Å². The van der Waals surface area contributed by atoms with Crippen molar-refractivity contribution in [2.24, 2.45) is 5.73 Å². The van der Waals surface area contributed by atoms with Crippen LogP contribution in [0.3, 0.4) is 0 Å². The molecule has 0 atom stereocenters. The largest absolute Gasteiger partial charge is 0.384 e. The van der Waals surface area contributed by atoms with E-state index in [1.54, 1.807) is 12.1 Å². The summed E-state index contributed by atoms with van der Waals surface area (Å²) < 4.78 is 0. The smallest absolute Gasteiger partial charge is 0.136 e. The van der Waals surface area contributed by atoms with E-state index in [1.165, 1.54) is 11.1 Å². The van der Waals surface area contributed by atoms with Crippen molar-refractivity contribution in [2.75, 3.05) is 11.1 Å². The van der Waals surface area contributed by atoms with Gasteiger partial charge in [0, 0.05) is 5.69 Å². The number of rotatable bonds is 4. The van der Waals surface area contributed by atoms with E-state index in [0.717, 1.165) is 12.1 Å². The second-order valence-corrected chi connectivity index (χ2v) is 4.68. The fourth-order valence-electron chi connectivity index (χ4n) is 2.05. The molecule has 0 bridgehead atoms. The second-order valence-electron chi connectivity index (χ2n) is 4.68. The zero-order valence-corrected chi connectivity index (χ0v) is 11.7. The highest BCUT2D eigenvalue weighted by Crippen LogP contribution is 2.23. The van der Waals surface area contributed by atoms with E-state index in [-0.39, 0.29) is 11.7 Å². The molecule has 0 spiro atoms. The van der Waals surface area contributed by atoms with Gasteiger partial charge in [-0.25, -0.2) is 4.98 Å². The number of aromatic nitrogens is 1. The molecule has 1 aromatic heterocycles. The predicted molar refractivity (Wildman–Crippen MR) is 83.5 cm³/mol. The number of nitrogens with two attached hydrogens (primary N) is 2. The number of amidine groups is 1. The molecule has 0 amide bonds. The average Bonchev–Trinajstić information content (AvgIpc) is 2.40. The summed E-state index contributed by atoms with van der Waals surface area (Å²) >= 11 is 0. The van der Waals surface area contributed by atoms with Crippen molar-refractivity contribution in [3.8, 4) is 0 Å². The van der Waals surface area contributed by atoms with Crippen LogP contribution >= 0.6 is 0 Å². The van der Waals surface area contributed by atoms with Crippen molar-refractivity contribution >= 4 is 23.2 Å². The Labute approximate surface area is 118 Å². The van der Waals surface area contributed by atoms with Crippen LogP contribution in [0, 0.1) is 12.3 Å². The van der Waals surface area contributed by atoms with Crippen LogP contribution in [0.2, 0.25) is 0 Å². The fourth-order valence-corrected chi connectivity index (χ4v) is 2.05. The van der Waals surface area contributed by atoms with E-state index in [4.69, 9.17) is 16.9 Å². The molecule has 104 valence electrons. The Morgan fingerprint density at radius 1 is 1.30 bits per heavy atom. The Morgan fingerprint density at radius 3 is 2.65 bits per heavy atom. The van der Waals surface area contributed by atoms with Crippen molar-refractivity contribution in [1.82, 2.24) is 4.98 Å². The van der Waals surface area contributed by atoms with Gasteiger partial charge in [0.1, 0.15) is 17.5 Å². The van der Waals surface area contributed by atoms with Gasteiger partial charge in [-0.3, -0.25) is 5.41 Å². The zero-order valence-electron chi connectivity index (χ0n) is 11.7. The van der Waals surface area contributed by atoms with E-state index in [0.29, 0.717) is 11.4 Å². The Balaban J connectivity index is 2.31. The number of nitrogens with one attached hydrogen (secondary N) is 2. The number of aryl methyl sites for hydroxylation is 2. The van der Waals surface area contributed by atoms with Crippen molar-refractivity contribution in [3.05, 3.63) is 47.0 Å². The maximum Gasteiger partial charge on any atom is 0.136 e. The molecule has 5 nitrogen and oxygen atoms in total. The van der Waals surface area contributed by atoms with E-state index in [1.807, 2.05) is 6.07 Å². The lowest BCUT2D eigenvalue weighted by Gasteiger charge is -2.12. The summed E-state index contributed by atoms with van der Waals surface area (Å²) in [5.74, 6) is 0.824. The molecule has 0 fully saturated rings. The first-order chi connectivity index (χ1) is 9.51. The summed E-state index contributed by atoms with van der Waals surface area (Å²) in [6, 6.07) is 9.70. The third kappa shape index (κ3) is 2.88. The topological polar surface area (TPSA) is 101 Å². The van der Waals surface area contributed by atoms with Crippen LogP contribution in [-0.4, -0.2) is 10.8 Å². The zero-order chi connectivity index (χ0) is 14.7. The molecule has 0 aliphatic heterocycles. The molecule has 0 saturated carbocycles. The van der Waals surface area contributed by atoms with E-state index in [9.17, 15) is 0 Å². The van der Waals surface area contributed by atoms with Crippen LogP contribution < -0.4 is 16.8 Å². The summed E-state index contributed by atoms with van der Waals surface area (Å²) in [6.07, 6.45) is 0.936. The lowest BCUT2D eigenvalue weighted by molar-refractivity contribution is 1.13. The third-order valence-corrected chi connectivity index (χ3v) is 3.12. The minimum absolute atomic E-state index is 0.0777. The van der Waals surface area contributed by atoms with Gasteiger partial charge in [-0.1, -0.05) is 24.6 Å². The first kappa shape index (κ1) is 13.9. The van der Waals surface area contributed by atoms with Crippen molar-refractivity contribution in [2.45, 2.75) is 20.3 Å². The van der Waals surface area contributed by atoms with Gasteiger partial charge in [-0.15, -0.1) is 0 Å². The van der Waals surface area contributed by atoms with Gasteiger partial charge in [0.15, 0.2) is 0 Å². The lowest BCUT2D eigenvalue weighted by Crippen LogP contribution is -2.14. The SMILES string of the molecule is CCc1cc(C)ccc1Nc1ccc(C(=N)N)c(N)n1. The molecule has 0 unspecified atom stereocenters. The molecular weight excluding hydrogens is 250 g/mol. The van der Waals surface area contributed by atoms with Crippen LogP contribution in [0.4, 0.5) is 17.3 Å². The average molecular weight is 269 g/mol. The number of pyridine rings is 1. The molecule has 5 heteroatoms. The van der Waals surface area contributed by atoms with Crippen molar-refractivity contribution in [1.29, 1.82) is 5.41 Å². The molecule has 0 aliphatic carbocycles. The molecule has 0 radical (unpaired) electrons. The van der Waals surface area contributed by atoms with Gasteiger partial charge < -0.3 is 16.8 Å². The molecule has 2 aromatic rings. The summed E-state index contributed by atoms with van der Waals surface area (Å²) in [5.41, 5.74) is 15.1. The number of benzene rings is 1. The van der Waals surface area contributed by atoms with Gasteiger partial charge in [0.05, 0.1) is 5.56 Å². The molecule has 0 aliphatic rings. The van der Waals surface area contributed by atoms with Gasteiger partial charge in [-0.05, 0) is 37.1 Å². The van der Waals surface area contributed by atoms with Crippen LogP contribution in [0.15, 0.2) is 30.3 Å². The van der Waals surface area contributed by atoms with Crippen LogP contribution in [-0.2, 0) is 6.42 Å². The maximum atomic E-state index is 7.39. The van der Waals surface area contributed by atoms with Crippen LogP contribution in [0.25, 0.3) is 0 Å². The minimum atomic E-state index is -0.0777. The first-order valence-electron chi connectivity index (χ1n) is 6.48. The molecule has 2 rings (SSSR count). The highest BCUT2D eigenvalue weighted by Gasteiger charge is 2.07. The fraction of sp³-hybridized carbons (Fsp3) is 0.200. The predicted octanol–water partition coefficient (Wildman–Crippen LogP) is 2.56. The number of anilines is 3. The highest BCUT2D eigenvalue weighted by atomic mass is 15.0. The molecule has 20 heavy (non-hydrogen) atoms. The van der Waals surface area contributed by atoms with Gasteiger partial charge in [0.2, 0.25) is 0 Å². The van der Waals surface area contributed by atoms with E-state index < -0.39 is 0 Å². The maximum absolute atomic E-state index is 7.39. The Morgan fingerprint density at radius 2 is 2.05 bits per heavy atom. The molecule has 0 saturated heterocycles. The summed E-state index contributed by atoms with van der Waals surface area (Å²) in [7, 11) is 0. The molecule has 1 aromatic carbocycles. The van der Waals surface area contributed by atoms with Crippen LogP contribution in [0.5, 0.6) is 0 Å². The van der Waals surface area contributed by atoms with Crippen molar-refractivity contribution in [3.63, 3.8) is 0 Å². The number of nitrogens with zero attached hydrogens (tertiary/aromatic N) is 1. The van der Waals surface area contributed by atoms with Crippen molar-refractivity contribution < 1.29 is 0 Å². The molecular formula is C15H19N5. The summed E-state index contributed by atoms with van der Waals surface area (Å²) in [6.45, 7) is 4.18. The highest BCUT2D eigenvalue weighted by molar-refractivity contribution is 5.99. The Kier molecular flexibility index (Phi) is 3.89.